The number of amides is 1. The highest BCUT2D eigenvalue weighted by atomic mass is 32.2. The van der Waals surface area contributed by atoms with Crippen molar-refractivity contribution in [3.63, 3.8) is 0 Å². The molecule has 6 heteroatoms. The number of thioether (sulfide) groups is 1. The Morgan fingerprint density at radius 1 is 1.32 bits per heavy atom. The van der Waals surface area contributed by atoms with Crippen LogP contribution in [0.4, 0.5) is 4.39 Å². The van der Waals surface area contributed by atoms with Crippen molar-refractivity contribution in [2.45, 2.75) is 23.9 Å². The van der Waals surface area contributed by atoms with Crippen LogP contribution >= 0.6 is 11.8 Å². The summed E-state index contributed by atoms with van der Waals surface area (Å²) >= 11 is 1.88. The predicted octanol–water partition coefficient (Wildman–Crippen LogP) is 3.14. The second-order valence-corrected chi connectivity index (χ2v) is 8.11. The number of carbonyl (C=O) groups excluding carboxylic acids is 1. The molecule has 1 aromatic carbocycles. The van der Waals surface area contributed by atoms with Crippen LogP contribution in [0.15, 0.2) is 48.7 Å². The van der Waals surface area contributed by atoms with Gasteiger partial charge in [-0.2, -0.15) is 0 Å². The molecule has 0 unspecified atom stereocenters. The summed E-state index contributed by atoms with van der Waals surface area (Å²) in [5.41, 5.74) is 1.35. The van der Waals surface area contributed by atoms with Crippen LogP contribution in [-0.2, 0) is 11.3 Å². The van der Waals surface area contributed by atoms with E-state index in [1.807, 2.05) is 30.0 Å². The number of carbonyl (C=O) groups is 1. The minimum absolute atomic E-state index is 0.0939. The quantitative estimate of drug-likeness (QED) is 0.842. The summed E-state index contributed by atoms with van der Waals surface area (Å²) in [4.78, 5) is 18.5. The molecule has 1 aromatic heterocycles. The summed E-state index contributed by atoms with van der Waals surface area (Å²) in [7, 11) is 0. The van der Waals surface area contributed by atoms with Gasteiger partial charge in [-0.1, -0.05) is 12.1 Å². The van der Waals surface area contributed by atoms with Gasteiger partial charge in [0, 0.05) is 30.6 Å². The number of likely N-dealkylation sites (tertiary alicyclic amines) is 1. The summed E-state index contributed by atoms with van der Waals surface area (Å²) < 4.78 is 19.4. The van der Waals surface area contributed by atoms with Crippen molar-refractivity contribution in [1.82, 2.24) is 9.88 Å². The van der Waals surface area contributed by atoms with E-state index < -0.39 is 0 Å². The topological polar surface area (TPSA) is 42.4 Å². The SMILES string of the molecule is O=C(c1cccc(F)c1)N1CC2(C[C@@H](OCc3ccccn3)CS2)C1. The van der Waals surface area contributed by atoms with E-state index in [0.717, 1.165) is 17.9 Å². The molecule has 3 heterocycles. The van der Waals surface area contributed by atoms with Gasteiger partial charge >= 0.3 is 0 Å². The van der Waals surface area contributed by atoms with Gasteiger partial charge in [-0.25, -0.2) is 4.39 Å². The highest BCUT2D eigenvalue weighted by Crippen LogP contribution is 2.46. The monoisotopic (exact) mass is 358 g/mol. The Bertz CT molecular complexity index is 765. The fourth-order valence-electron chi connectivity index (χ4n) is 3.41. The van der Waals surface area contributed by atoms with Gasteiger partial charge in [-0.3, -0.25) is 9.78 Å². The third-order valence-electron chi connectivity index (χ3n) is 4.68. The number of benzene rings is 1. The van der Waals surface area contributed by atoms with Gasteiger partial charge in [0.2, 0.25) is 0 Å². The molecule has 2 aliphatic rings. The summed E-state index contributed by atoms with van der Waals surface area (Å²) in [6, 6.07) is 11.7. The zero-order chi connectivity index (χ0) is 17.3. The van der Waals surface area contributed by atoms with Crippen molar-refractivity contribution in [3.05, 3.63) is 65.7 Å². The van der Waals surface area contributed by atoms with Crippen LogP contribution in [0, 0.1) is 5.82 Å². The average Bonchev–Trinajstić information content (AvgIpc) is 3.04. The molecule has 1 amide bonds. The number of halogens is 1. The number of ether oxygens (including phenoxy) is 1. The van der Waals surface area contributed by atoms with Gasteiger partial charge in [0.1, 0.15) is 5.82 Å². The summed E-state index contributed by atoms with van der Waals surface area (Å²) in [6.07, 6.45) is 2.90. The van der Waals surface area contributed by atoms with Crippen molar-refractivity contribution < 1.29 is 13.9 Å². The normalized spacial score (nSPS) is 21.3. The lowest BCUT2D eigenvalue weighted by Crippen LogP contribution is -2.60. The zero-order valence-electron chi connectivity index (χ0n) is 13.7. The third kappa shape index (κ3) is 3.55. The largest absolute Gasteiger partial charge is 0.371 e. The number of rotatable bonds is 4. The molecule has 2 saturated heterocycles. The van der Waals surface area contributed by atoms with E-state index in [9.17, 15) is 9.18 Å². The zero-order valence-corrected chi connectivity index (χ0v) is 14.5. The van der Waals surface area contributed by atoms with Gasteiger partial charge in [0.25, 0.3) is 5.91 Å². The Labute approximate surface area is 150 Å². The van der Waals surface area contributed by atoms with Crippen LogP contribution < -0.4 is 0 Å². The van der Waals surface area contributed by atoms with E-state index in [0.29, 0.717) is 25.3 Å². The lowest BCUT2D eigenvalue weighted by Gasteiger charge is -2.47. The summed E-state index contributed by atoms with van der Waals surface area (Å²) in [6.45, 7) is 1.93. The van der Waals surface area contributed by atoms with E-state index in [-0.39, 0.29) is 22.6 Å². The van der Waals surface area contributed by atoms with E-state index in [1.54, 1.807) is 23.2 Å². The lowest BCUT2D eigenvalue weighted by atomic mass is 9.92. The Kier molecular flexibility index (Phi) is 4.48. The molecule has 4 nitrogen and oxygen atoms in total. The molecular formula is C19H19FN2O2S. The van der Waals surface area contributed by atoms with Crippen molar-refractivity contribution in [2.75, 3.05) is 18.8 Å². The number of hydrogen-bond acceptors (Lipinski definition) is 4. The minimum Gasteiger partial charge on any atom is -0.371 e. The first-order chi connectivity index (χ1) is 12.1. The standard InChI is InChI=1S/C19H19FN2O2S/c20-15-5-3-4-14(8-15)18(23)22-12-19(13-22)9-17(11-25-19)24-10-16-6-1-2-7-21-16/h1-8,17H,9-13H2/t17-/m1/s1. The molecule has 25 heavy (non-hydrogen) atoms. The van der Waals surface area contributed by atoms with Crippen molar-refractivity contribution in [2.24, 2.45) is 0 Å². The van der Waals surface area contributed by atoms with Crippen molar-refractivity contribution in [1.29, 1.82) is 0 Å². The maximum atomic E-state index is 13.3. The molecule has 2 aromatic rings. The number of hydrogen-bond donors (Lipinski definition) is 0. The maximum absolute atomic E-state index is 13.3. The van der Waals surface area contributed by atoms with Gasteiger partial charge in [-0.05, 0) is 36.8 Å². The van der Waals surface area contributed by atoms with Crippen LogP contribution in [0.5, 0.6) is 0 Å². The Morgan fingerprint density at radius 2 is 2.20 bits per heavy atom. The smallest absolute Gasteiger partial charge is 0.254 e. The summed E-state index contributed by atoms with van der Waals surface area (Å²) in [5, 5.41) is 0. The maximum Gasteiger partial charge on any atom is 0.254 e. The third-order valence-corrected chi connectivity index (χ3v) is 6.26. The fourth-order valence-corrected chi connectivity index (χ4v) is 4.97. The molecule has 0 bridgehead atoms. The van der Waals surface area contributed by atoms with Crippen LogP contribution in [0.1, 0.15) is 22.5 Å². The highest BCUT2D eigenvalue weighted by Gasteiger charge is 2.51. The summed E-state index contributed by atoms with van der Waals surface area (Å²) in [5.74, 6) is 0.470. The molecule has 130 valence electrons. The highest BCUT2D eigenvalue weighted by molar-refractivity contribution is 8.01. The average molecular weight is 358 g/mol. The molecule has 0 saturated carbocycles. The number of pyridine rings is 1. The minimum atomic E-state index is -0.376. The molecular weight excluding hydrogens is 339 g/mol. The van der Waals surface area contributed by atoms with Crippen molar-refractivity contribution in [3.8, 4) is 0 Å². The van der Waals surface area contributed by atoms with E-state index >= 15 is 0 Å². The first kappa shape index (κ1) is 16.5. The first-order valence-corrected chi connectivity index (χ1v) is 9.32. The Morgan fingerprint density at radius 3 is 2.96 bits per heavy atom. The van der Waals surface area contributed by atoms with Crippen molar-refractivity contribution >= 4 is 17.7 Å². The molecule has 0 aliphatic carbocycles. The molecule has 1 atom stereocenters. The lowest BCUT2D eigenvalue weighted by molar-refractivity contribution is 0.0245. The number of aromatic nitrogens is 1. The van der Waals surface area contributed by atoms with Crippen LogP contribution in [0.2, 0.25) is 0 Å². The predicted molar refractivity (Wildman–Crippen MR) is 94.9 cm³/mol. The van der Waals surface area contributed by atoms with Crippen LogP contribution in [0.25, 0.3) is 0 Å². The van der Waals surface area contributed by atoms with Gasteiger partial charge in [0.15, 0.2) is 0 Å². The molecule has 4 rings (SSSR count). The molecule has 1 spiro atoms. The number of nitrogens with zero attached hydrogens (tertiary/aromatic N) is 2. The second-order valence-electron chi connectivity index (χ2n) is 6.62. The van der Waals surface area contributed by atoms with E-state index in [1.165, 1.54) is 12.1 Å². The van der Waals surface area contributed by atoms with Crippen LogP contribution in [-0.4, -0.2) is 45.5 Å². The molecule has 2 aliphatic heterocycles. The van der Waals surface area contributed by atoms with Crippen LogP contribution in [0.3, 0.4) is 0 Å². The van der Waals surface area contributed by atoms with Gasteiger partial charge < -0.3 is 9.64 Å². The second kappa shape index (κ2) is 6.77. The Balaban J connectivity index is 1.29. The first-order valence-electron chi connectivity index (χ1n) is 8.34. The molecule has 0 N–H and O–H groups in total. The molecule has 2 fully saturated rings. The van der Waals surface area contributed by atoms with Gasteiger partial charge in [-0.15, -0.1) is 11.8 Å². The Hall–Kier alpha value is -1.92. The van der Waals surface area contributed by atoms with E-state index in [2.05, 4.69) is 4.98 Å². The van der Waals surface area contributed by atoms with Gasteiger partial charge in [0.05, 0.1) is 23.2 Å². The molecule has 0 radical (unpaired) electrons. The van der Waals surface area contributed by atoms with E-state index in [4.69, 9.17) is 4.74 Å². The fraction of sp³-hybridized carbons (Fsp3) is 0.368.